The lowest BCUT2D eigenvalue weighted by atomic mass is 10.1. The molecule has 1 aliphatic heterocycles. The second kappa shape index (κ2) is 9.33. The molecule has 1 aromatic carbocycles. The second-order valence-corrected chi connectivity index (χ2v) is 10.8. The van der Waals surface area contributed by atoms with E-state index < -0.39 is 39.3 Å². The summed E-state index contributed by atoms with van der Waals surface area (Å²) in [4.78, 5) is 16.1. The van der Waals surface area contributed by atoms with E-state index >= 15 is 0 Å². The van der Waals surface area contributed by atoms with Gasteiger partial charge < -0.3 is 9.80 Å². The van der Waals surface area contributed by atoms with Crippen LogP contribution in [0.2, 0.25) is 4.34 Å². The van der Waals surface area contributed by atoms with Crippen molar-refractivity contribution in [1.82, 2.24) is 9.62 Å². The van der Waals surface area contributed by atoms with Crippen LogP contribution in [-0.4, -0.2) is 45.9 Å². The SMILES string of the molecule is C[C@@H](c1cc(F)c(N2CC[C@H](NS(=O)(=O)/C=C/c3ccc(Cl)s3)C2=O)c(F)c1)N(C)C. The maximum absolute atomic E-state index is 14.7. The van der Waals surface area contributed by atoms with Gasteiger partial charge in [0.15, 0.2) is 0 Å². The molecule has 2 aromatic rings. The minimum absolute atomic E-state index is 0.00725. The summed E-state index contributed by atoms with van der Waals surface area (Å²) in [5.41, 5.74) is -0.0309. The van der Waals surface area contributed by atoms with E-state index in [2.05, 4.69) is 4.72 Å². The van der Waals surface area contributed by atoms with Crippen molar-refractivity contribution < 1.29 is 22.0 Å². The summed E-state index contributed by atoms with van der Waals surface area (Å²) >= 11 is 7.02. The molecule has 1 saturated heterocycles. The fourth-order valence-electron chi connectivity index (χ4n) is 3.21. The first kappa shape index (κ1) is 23.8. The minimum atomic E-state index is -3.95. The summed E-state index contributed by atoms with van der Waals surface area (Å²) in [5.74, 6) is -2.44. The molecule has 11 heteroatoms. The molecule has 1 amide bonds. The third kappa shape index (κ3) is 5.50. The van der Waals surface area contributed by atoms with Crippen LogP contribution in [0.15, 0.2) is 29.7 Å². The van der Waals surface area contributed by atoms with Gasteiger partial charge in [0.1, 0.15) is 23.4 Å². The number of anilines is 1. The summed E-state index contributed by atoms with van der Waals surface area (Å²) in [7, 11) is -0.371. The van der Waals surface area contributed by atoms with Crippen LogP contribution in [0.3, 0.4) is 0 Å². The number of sulfonamides is 1. The van der Waals surface area contributed by atoms with E-state index in [9.17, 15) is 22.0 Å². The fourth-order valence-corrected chi connectivity index (χ4v) is 5.28. The van der Waals surface area contributed by atoms with Gasteiger partial charge in [-0.1, -0.05) is 11.6 Å². The average Bonchev–Trinajstić information content (AvgIpc) is 3.25. The molecule has 0 bridgehead atoms. The quantitative estimate of drug-likeness (QED) is 0.638. The van der Waals surface area contributed by atoms with Crippen LogP contribution in [0.5, 0.6) is 0 Å². The smallest absolute Gasteiger partial charge is 0.245 e. The molecule has 1 aromatic heterocycles. The van der Waals surface area contributed by atoms with E-state index in [1.807, 2.05) is 0 Å². The molecular weight excluding hydrogens is 468 g/mol. The van der Waals surface area contributed by atoms with Gasteiger partial charge >= 0.3 is 0 Å². The lowest BCUT2D eigenvalue weighted by Gasteiger charge is -2.23. The number of nitrogens with zero attached hydrogens (tertiary/aromatic N) is 2. The zero-order valence-electron chi connectivity index (χ0n) is 17.1. The maximum Gasteiger partial charge on any atom is 0.245 e. The van der Waals surface area contributed by atoms with Crippen molar-refractivity contribution in [1.29, 1.82) is 0 Å². The highest BCUT2D eigenvalue weighted by atomic mass is 35.5. The third-order valence-electron chi connectivity index (χ3n) is 5.08. The zero-order chi connectivity index (χ0) is 22.9. The van der Waals surface area contributed by atoms with Gasteiger partial charge in [0.25, 0.3) is 0 Å². The molecule has 1 fully saturated rings. The third-order valence-corrected chi connectivity index (χ3v) is 7.39. The Balaban J connectivity index is 1.76. The Bertz CT molecular complexity index is 1100. The number of thiophene rings is 1. The Morgan fingerprint density at radius 3 is 2.48 bits per heavy atom. The number of hydrogen-bond acceptors (Lipinski definition) is 5. The number of halogens is 3. The highest BCUT2D eigenvalue weighted by molar-refractivity contribution is 7.92. The van der Waals surface area contributed by atoms with Crippen LogP contribution in [-0.2, 0) is 14.8 Å². The minimum Gasteiger partial charge on any atom is -0.306 e. The molecule has 2 atom stereocenters. The van der Waals surface area contributed by atoms with Crippen molar-refractivity contribution in [3.63, 3.8) is 0 Å². The zero-order valence-corrected chi connectivity index (χ0v) is 19.5. The van der Waals surface area contributed by atoms with E-state index in [1.165, 1.54) is 29.5 Å². The second-order valence-electron chi connectivity index (χ2n) is 7.41. The van der Waals surface area contributed by atoms with Gasteiger partial charge in [0.05, 0.1) is 4.34 Å². The van der Waals surface area contributed by atoms with E-state index in [1.54, 1.807) is 38.1 Å². The monoisotopic (exact) mass is 489 g/mol. The van der Waals surface area contributed by atoms with E-state index in [-0.39, 0.29) is 19.0 Å². The van der Waals surface area contributed by atoms with Crippen LogP contribution in [0.1, 0.15) is 29.8 Å². The van der Waals surface area contributed by atoms with Crippen LogP contribution in [0, 0.1) is 11.6 Å². The molecule has 0 unspecified atom stereocenters. The van der Waals surface area contributed by atoms with Crippen LogP contribution in [0.4, 0.5) is 14.5 Å². The van der Waals surface area contributed by atoms with Crippen molar-refractivity contribution >= 4 is 50.6 Å². The number of carbonyl (C=O) groups is 1. The van der Waals surface area contributed by atoms with E-state index in [4.69, 9.17) is 11.6 Å². The summed E-state index contributed by atoms with van der Waals surface area (Å²) in [6.45, 7) is 1.80. The van der Waals surface area contributed by atoms with Gasteiger partial charge in [-0.15, -0.1) is 11.3 Å². The van der Waals surface area contributed by atoms with Crippen molar-refractivity contribution in [2.75, 3.05) is 25.5 Å². The van der Waals surface area contributed by atoms with Crippen molar-refractivity contribution in [3.8, 4) is 0 Å². The predicted octanol–water partition coefficient (Wildman–Crippen LogP) is 4.00. The molecule has 0 saturated carbocycles. The number of rotatable bonds is 7. The molecule has 31 heavy (non-hydrogen) atoms. The van der Waals surface area contributed by atoms with Crippen LogP contribution >= 0.6 is 22.9 Å². The molecule has 6 nitrogen and oxygen atoms in total. The Kier molecular flexibility index (Phi) is 7.17. The van der Waals surface area contributed by atoms with E-state index in [0.29, 0.717) is 14.8 Å². The topological polar surface area (TPSA) is 69.7 Å². The van der Waals surface area contributed by atoms with Gasteiger partial charge in [-0.25, -0.2) is 17.2 Å². The molecular formula is C20H22ClF2N3O3S2. The van der Waals surface area contributed by atoms with Crippen LogP contribution in [0.25, 0.3) is 6.08 Å². The van der Waals surface area contributed by atoms with Crippen molar-refractivity contribution in [3.05, 3.63) is 56.1 Å². The lowest BCUT2D eigenvalue weighted by Crippen LogP contribution is -2.41. The molecule has 168 valence electrons. The van der Waals surface area contributed by atoms with Gasteiger partial charge in [0.2, 0.25) is 15.9 Å². The van der Waals surface area contributed by atoms with Gasteiger partial charge in [0, 0.05) is 22.9 Å². The summed E-state index contributed by atoms with van der Waals surface area (Å²) < 4.78 is 56.9. The molecule has 1 N–H and O–H groups in total. The molecule has 3 rings (SSSR count). The normalized spacial score (nSPS) is 18.5. The average molecular weight is 490 g/mol. The lowest BCUT2D eigenvalue weighted by molar-refractivity contribution is -0.118. The van der Waals surface area contributed by atoms with Crippen molar-refractivity contribution in [2.45, 2.75) is 25.4 Å². The maximum atomic E-state index is 14.7. The largest absolute Gasteiger partial charge is 0.306 e. The van der Waals surface area contributed by atoms with Crippen molar-refractivity contribution in [2.24, 2.45) is 0 Å². The van der Waals surface area contributed by atoms with Crippen LogP contribution < -0.4 is 9.62 Å². The highest BCUT2D eigenvalue weighted by Crippen LogP contribution is 2.31. The predicted molar refractivity (Wildman–Crippen MR) is 120 cm³/mol. The number of carbonyl (C=O) groups excluding carboxylic acids is 1. The van der Waals surface area contributed by atoms with Gasteiger partial charge in [-0.2, -0.15) is 4.72 Å². The Labute approximate surface area is 189 Å². The number of amides is 1. The number of nitrogens with one attached hydrogen (secondary N) is 1. The van der Waals surface area contributed by atoms with Gasteiger partial charge in [-0.3, -0.25) is 4.79 Å². The first-order chi connectivity index (χ1) is 14.5. The molecule has 2 heterocycles. The highest BCUT2D eigenvalue weighted by Gasteiger charge is 2.37. The fraction of sp³-hybridized carbons (Fsp3) is 0.350. The standard InChI is InChI=1S/C20H22ClF2N3O3S2/c1-12(25(2)3)13-10-15(22)19(16(23)11-13)26-8-6-17(20(26)27)24-31(28,29)9-7-14-4-5-18(21)30-14/h4-5,7,9-12,17,24H,6,8H2,1-3H3/b9-7+/t12-,17-/m0/s1. The molecule has 1 aliphatic rings. The van der Waals surface area contributed by atoms with E-state index in [0.717, 1.165) is 10.3 Å². The molecule has 0 aliphatic carbocycles. The number of benzene rings is 1. The Morgan fingerprint density at radius 1 is 1.29 bits per heavy atom. The molecule has 0 radical (unpaired) electrons. The van der Waals surface area contributed by atoms with Gasteiger partial charge in [-0.05, 0) is 63.3 Å². The first-order valence-electron chi connectivity index (χ1n) is 9.41. The Hall–Kier alpha value is -1.85. The summed E-state index contributed by atoms with van der Waals surface area (Å²) in [6, 6.07) is 4.36. The number of hydrogen-bond donors (Lipinski definition) is 1. The molecule has 0 spiro atoms. The Morgan fingerprint density at radius 2 is 1.94 bits per heavy atom. The first-order valence-corrected chi connectivity index (χ1v) is 12.1. The summed E-state index contributed by atoms with van der Waals surface area (Å²) in [5, 5.41) is 0.934. The summed E-state index contributed by atoms with van der Waals surface area (Å²) in [6.07, 6.45) is 1.45.